The van der Waals surface area contributed by atoms with Crippen molar-refractivity contribution in [3.63, 3.8) is 0 Å². The smallest absolute Gasteiger partial charge is 0.243 e. The van der Waals surface area contributed by atoms with Crippen LogP contribution < -0.4 is 5.73 Å². The number of rotatable bonds is 5. The molecule has 0 unspecified atom stereocenters. The summed E-state index contributed by atoms with van der Waals surface area (Å²) in [5.41, 5.74) is 4.94. The van der Waals surface area contributed by atoms with Gasteiger partial charge in [0.2, 0.25) is 5.91 Å². The van der Waals surface area contributed by atoms with Crippen molar-refractivity contribution in [1.82, 2.24) is 4.90 Å². The van der Waals surface area contributed by atoms with E-state index in [-0.39, 0.29) is 18.6 Å². The van der Waals surface area contributed by atoms with Gasteiger partial charge in [0, 0.05) is 13.1 Å². The van der Waals surface area contributed by atoms with E-state index in [1.807, 2.05) is 0 Å². The standard InChI is InChI=1S/C8H16N2O2/c1-2-3-10-4-7(5-10)12-6-8(9)11/h7H,2-6H2,1H3,(H2,9,11). The molecule has 1 fully saturated rings. The highest BCUT2D eigenvalue weighted by atomic mass is 16.5. The highest BCUT2D eigenvalue weighted by molar-refractivity contribution is 5.75. The van der Waals surface area contributed by atoms with Gasteiger partial charge in [-0.15, -0.1) is 0 Å². The second kappa shape index (κ2) is 4.42. The summed E-state index contributed by atoms with van der Waals surface area (Å²) in [4.78, 5) is 12.6. The first kappa shape index (κ1) is 9.48. The molecule has 0 aromatic heterocycles. The van der Waals surface area contributed by atoms with E-state index in [9.17, 15) is 4.79 Å². The molecule has 0 aromatic carbocycles. The Morgan fingerprint density at radius 2 is 2.33 bits per heavy atom. The Morgan fingerprint density at radius 3 is 2.83 bits per heavy atom. The Bertz CT molecular complexity index is 155. The molecule has 1 rings (SSSR count). The molecular formula is C8H16N2O2. The van der Waals surface area contributed by atoms with Crippen LogP contribution in [0.2, 0.25) is 0 Å². The molecule has 12 heavy (non-hydrogen) atoms. The van der Waals surface area contributed by atoms with Crippen LogP contribution in [0.1, 0.15) is 13.3 Å². The van der Waals surface area contributed by atoms with Crippen molar-refractivity contribution in [1.29, 1.82) is 0 Å². The molecule has 0 aromatic rings. The number of likely N-dealkylation sites (tertiary alicyclic amines) is 1. The molecular weight excluding hydrogens is 156 g/mol. The van der Waals surface area contributed by atoms with Crippen molar-refractivity contribution >= 4 is 5.91 Å². The van der Waals surface area contributed by atoms with Crippen molar-refractivity contribution < 1.29 is 9.53 Å². The van der Waals surface area contributed by atoms with E-state index in [2.05, 4.69) is 11.8 Å². The third-order valence-electron chi connectivity index (χ3n) is 1.92. The van der Waals surface area contributed by atoms with Crippen molar-refractivity contribution in [3.8, 4) is 0 Å². The fraction of sp³-hybridized carbons (Fsp3) is 0.875. The van der Waals surface area contributed by atoms with Crippen molar-refractivity contribution in [3.05, 3.63) is 0 Å². The van der Waals surface area contributed by atoms with Crippen LogP contribution in [0.4, 0.5) is 0 Å². The van der Waals surface area contributed by atoms with Gasteiger partial charge in [-0.1, -0.05) is 6.92 Å². The maximum atomic E-state index is 10.3. The van der Waals surface area contributed by atoms with E-state index in [0.717, 1.165) is 19.6 Å². The minimum Gasteiger partial charge on any atom is -0.368 e. The number of hydrogen-bond acceptors (Lipinski definition) is 3. The van der Waals surface area contributed by atoms with Gasteiger partial charge in [-0.05, 0) is 13.0 Å². The van der Waals surface area contributed by atoms with E-state index < -0.39 is 0 Å². The number of carbonyl (C=O) groups excluding carboxylic acids is 1. The van der Waals surface area contributed by atoms with E-state index in [4.69, 9.17) is 10.5 Å². The SMILES string of the molecule is CCCN1CC(OCC(N)=O)C1. The molecule has 0 aliphatic carbocycles. The molecule has 0 spiro atoms. The molecule has 1 aliphatic heterocycles. The van der Waals surface area contributed by atoms with E-state index in [1.54, 1.807) is 0 Å². The zero-order valence-electron chi connectivity index (χ0n) is 7.45. The largest absolute Gasteiger partial charge is 0.368 e. The number of hydrogen-bond donors (Lipinski definition) is 1. The minimum atomic E-state index is -0.385. The number of nitrogens with two attached hydrogens (primary N) is 1. The lowest BCUT2D eigenvalue weighted by Crippen LogP contribution is -2.52. The Balaban J connectivity index is 1.98. The summed E-state index contributed by atoms with van der Waals surface area (Å²) < 4.78 is 5.20. The molecule has 2 N–H and O–H groups in total. The van der Waals surface area contributed by atoms with E-state index >= 15 is 0 Å². The van der Waals surface area contributed by atoms with E-state index in [1.165, 1.54) is 6.42 Å². The van der Waals surface area contributed by atoms with Gasteiger partial charge in [-0.2, -0.15) is 0 Å². The summed E-state index contributed by atoms with van der Waals surface area (Å²) >= 11 is 0. The molecule has 70 valence electrons. The van der Waals surface area contributed by atoms with Crippen LogP contribution in [0.25, 0.3) is 0 Å². The Labute approximate surface area is 72.7 Å². The number of primary amides is 1. The Hall–Kier alpha value is -0.610. The summed E-state index contributed by atoms with van der Waals surface area (Å²) in [6.45, 7) is 5.22. The molecule has 0 bridgehead atoms. The normalized spacial score (nSPS) is 19.1. The second-order valence-electron chi connectivity index (χ2n) is 3.16. The minimum absolute atomic E-state index is 0.0602. The van der Waals surface area contributed by atoms with Gasteiger partial charge in [-0.3, -0.25) is 9.69 Å². The van der Waals surface area contributed by atoms with Gasteiger partial charge in [0.25, 0.3) is 0 Å². The van der Waals surface area contributed by atoms with Gasteiger partial charge >= 0.3 is 0 Å². The van der Waals surface area contributed by atoms with Crippen LogP contribution in [0.3, 0.4) is 0 Å². The topological polar surface area (TPSA) is 55.6 Å². The van der Waals surface area contributed by atoms with Crippen LogP contribution >= 0.6 is 0 Å². The van der Waals surface area contributed by atoms with Crippen molar-refractivity contribution in [2.45, 2.75) is 19.4 Å². The van der Waals surface area contributed by atoms with Gasteiger partial charge < -0.3 is 10.5 Å². The lowest BCUT2D eigenvalue weighted by Gasteiger charge is -2.38. The molecule has 1 amide bonds. The number of nitrogens with zero attached hydrogens (tertiary/aromatic N) is 1. The van der Waals surface area contributed by atoms with Crippen molar-refractivity contribution in [2.24, 2.45) is 5.73 Å². The maximum Gasteiger partial charge on any atom is 0.243 e. The first-order chi connectivity index (χ1) is 5.72. The molecule has 4 nitrogen and oxygen atoms in total. The summed E-state index contributed by atoms with van der Waals surface area (Å²) in [5, 5.41) is 0. The number of carbonyl (C=O) groups is 1. The summed E-state index contributed by atoms with van der Waals surface area (Å²) in [6, 6.07) is 0. The predicted molar refractivity (Wildman–Crippen MR) is 45.7 cm³/mol. The molecule has 4 heteroatoms. The molecule has 0 saturated carbocycles. The average molecular weight is 172 g/mol. The second-order valence-corrected chi connectivity index (χ2v) is 3.16. The molecule has 0 radical (unpaired) electrons. The quantitative estimate of drug-likeness (QED) is 0.613. The molecule has 0 atom stereocenters. The molecule has 1 heterocycles. The van der Waals surface area contributed by atoms with Gasteiger partial charge in [0.05, 0.1) is 6.10 Å². The highest BCUT2D eigenvalue weighted by Crippen LogP contribution is 2.10. The third-order valence-corrected chi connectivity index (χ3v) is 1.92. The summed E-state index contributed by atoms with van der Waals surface area (Å²) in [6.07, 6.45) is 1.40. The predicted octanol–water partition coefficient (Wildman–Crippen LogP) is -0.417. The Kier molecular flexibility index (Phi) is 3.49. The zero-order valence-corrected chi connectivity index (χ0v) is 7.45. The summed E-state index contributed by atoms with van der Waals surface area (Å²) in [5.74, 6) is -0.385. The van der Waals surface area contributed by atoms with Gasteiger partial charge in [0.1, 0.15) is 6.61 Å². The fourth-order valence-corrected chi connectivity index (χ4v) is 1.33. The monoisotopic (exact) mass is 172 g/mol. The highest BCUT2D eigenvalue weighted by Gasteiger charge is 2.26. The third kappa shape index (κ3) is 2.79. The van der Waals surface area contributed by atoms with E-state index in [0.29, 0.717) is 0 Å². The molecule has 1 saturated heterocycles. The zero-order chi connectivity index (χ0) is 8.97. The van der Waals surface area contributed by atoms with Crippen LogP contribution in [-0.2, 0) is 9.53 Å². The lowest BCUT2D eigenvalue weighted by molar-refractivity contribution is -0.129. The first-order valence-corrected chi connectivity index (χ1v) is 4.34. The van der Waals surface area contributed by atoms with Gasteiger partial charge in [0.15, 0.2) is 0 Å². The van der Waals surface area contributed by atoms with Crippen LogP contribution in [0.5, 0.6) is 0 Å². The fourth-order valence-electron chi connectivity index (χ4n) is 1.33. The lowest BCUT2D eigenvalue weighted by atomic mass is 10.1. The number of ether oxygens (including phenoxy) is 1. The summed E-state index contributed by atoms with van der Waals surface area (Å²) in [7, 11) is 0. The van der Waals surface area contributed by atoms with Gasteiger partial charge in [-0.25, -0.2) is 0 Å². The van der Waals surface area contributed by atoms with Crippen LogP contribution in [0.15, 0.2) is 0 Å². The average Bonchev–Trinajstić information content (AvgIpc) is 1.93. The maximum absolute atomic E-state index is 10.3. The Morgan fingerprint density at radius 1 is 1.67 bits per heavy atom. The van der Waals surface area contributed by atoms with Crippen molar-refractivity contribution in [2.75, 3.05) is 26.2 Å². The number of amides is 1. The molecule has 1 aliphatic rings. The first-order valence-electron chi connectivity index (χ1n) is 4.34. The van der Waals surface area contributed by atoms with Crippen LogP contribution in [0, 0.1) is 0 Å². The van der Waals surface area contributed by atoms with Crippen LogP contribution in [-0.4, -0.2) is 43.2 Å².